The molecule has 0 aliphatic carbocycles. The molecule has 0 atom stereocenters. The maximum Gasteiger partial charge on any atom is 0.314 e. The zero-order valence-electron chi connectivity index (χ0n) is 14.5. The smallest absolute Gasteiger partial charge is 0.314 e. The molecule has 1 amide bonds. The fourth-order valence-electron chi connectivity index (χ4n) is 2.78. The first kappa shape index (κ1) is 16.8. The maximum absolute atomic E-state index is 12.7. The van der Waals surface area contributed by atoms with Crippen molar-refractivity contribution in [1.29, 1.82) is 0 Å². The zero-order valence-corrected chi connectivity index (χ0v) is 14.5. The number of carbonyl (C=O) groups is 1. The summed E-state index contributed by atoms with van der Waals surface area (Å²) >= 11 is 0. The first-order valence-corrected chi connectivity index (χ1v) is 8.32. The number of anilines is 1. The Labute approximate surface area is 153 Å². The van der Waals surface area contributed by atoms with Crippen LogP contribution in [0, 0.1) is 0 Å². The zero-order chi connectivity index (χ0) is 18.8. The second kappa shape index (κ2) is 6.94. The van der Waals surface area contributed by atoms with Gasteiger partial charge in [-0.05, 0) is 25.1 Å². The molecule has 0 radical (unpaired) electrons. The van der Waals surface area contributed by atoms with Gasteiger partial charge in [-0.3, -0.25) is 19.1 Å². The molecule has 138 valence electrons. The summed E-state index contributed by atoms with van der Waals surface area (Å²) in [5.74, 6) is 0.749. The fraction of sp³-hybridized carbons (Fsp3) is 0.222. The summed E-state index contributed by atoms with van der Waals surface area (Å²) in [5, 5.41) is 2.75. The number of nitrogens with zero attached hydrogens (tertiary/aromatic N) is 3. The summed E-state index contributed by atoms with van der Waals surface area (Å²) in [6.45, 7) is 2.00. The Hall–Kier alpha value is -3.62. The molecule has 0 unspecified atom stereocenters. The summed E-state index contributed by atoms with van der Waals surface area (Å²) in [5.41, 5.74) is 1.04. The van der Waals surface area contributed by atoms with Crippen molar-refractivity contribution in [3.05, 3.63) is 47.0 Å². The average Bonchev–Trinajstić information content (AvgIpc) is 3.13. The highest BCUT2D eigenvalue weighted by Crippen LogP contribution is 2.34. The second-order valence-electron chi connectivity index (χ2n) is 5.72. The lowest BCUT2D eigenvalue weighted by molar-refractivity contribution is -0.116. The van der Waals surface area contributed by atoms with Crippen LogP contribution in [0.2, 0.25) is 0 Å². The first-order chi connectivity index (χ1) is 13.2. The van der Waals surface area contributed by atoms with Gasteiger partial charge < -0.3 is 19.5 Å². The van der Waals surface area contributed by atoms with E-state index in [0.29, 0.717) is 28.2 Å². The largest absolute Gasteiger partial charge is 0.474 e. The number of nitrogens with one attached hydrogen (secondary N) is 1. The van der Waals surface area contributed by atoms with E-state index < -0.39 is 5.56 Å². The van der Waals surface area contributed by atoms with E-state index in [1.165, 1.54) is 17.0 Å². The molecule has 4 rings (SSSR count). The van der Waals surface area contributed by atoms with Crippen LogP contribution in [0.3, 0.4) is 0 Å². The predicted molar refractivity (Wildman–Crippen MR) is 96.2 cm³/mol. The standard InChI is InChI=1S/C18H16N4O5/c1-2-25-17-18(24)22(13-5-6-19-8-12(13)21-17)9-16(23)20-11-3-4-14-15(7-11)27-10-26-14/h3-8H,2,9-10H2,1H3,(H,20,23). The number of carbonyl (C=O) groups excluding carboxylic acids is 1. The number of pyridine rings is 1. The first-order valence-electron chi connectivity index (χ1n) is 8.32. The second-order valence-corrected chi connectivity index (χ2v) is 5.72. The topological polar surface area (TPSA) is 105 Å². The van der Waals surface area contributed by atoms with Crippen molar-refractivity contribution >= 4 is 22.6 Å². The van der Waals surface area contributed by atoms with Gasteiger partial charge >= 0.3 is 5.56 Å². The minimum atomic E-state index is -0.476. The van der Waals surface area contributed by atoms with Gasteiger partial charge in [0, 0.05) is 18.0 Å². The molecule has 3 heterocycles. The summed E-state index contributed by atoms with van der Waals surface area (Å²) in [6.07, 6.45) is 3.06. The number of hydrogen-bond acceptors (Lipinski definition) is 7. The molecular formula is C18H16N4O5. The van der Waals surface area contributed by atoms with Gasteiger partial charge in [0.1, 0.15) is 12.1 Å². The molecule has 0 saturated heterocycles. The SMILES string of the molecule is CCOc1nc2cnccc2n(CC(=O)Nc2ccc3c(c2)OCO3)c1=O. The Morgan fingerprint density at radius 2 is 2.15 bits per heavy atom. The van der Waals surface area contributed by atoms with Gasteiger partial charge in [-0.2, -0.15) is 0 Å². The summed E-state index contributed by atoms with van der Waals surface area (Å²) in [6, 6.07) is 6.72. The highest BCUT2D eigenvalue weighted by molar-refractivity contribution is 5.91. The minimum absolute atomic E-state index is 0.0612. The van der Waals surface area contributed by atoms with E-state index in [1.54, 1.807) is 31.2 Å². The van der Waals surface area contributed by atoms with Crippen molar-refractivity contribution in [1.82, 2.24) is 14.5 Å². The molecule has 27 heavy (non-hydrogen) atoms. The van der Waals surface area contributed by atoms with Crippen LogP contribution < -0.4 is 25.1 Å². The Morgan fingerprint density at radius 1 is 1.30 bits per heavy atom. The van der Waals surface area contributed by atoms with E-state index in [2.05, 4.69) is 15.3 Å². The minimum Gasteiger partial charge on any atom is -0.474 e. The third kappa shape index (κ3) is 3.26. The average molecular weight is 368 g/mol. The van der Waals surface area contributed by atoms with Crippen LogP contribution in [-0.2, 0) is 11.3 Å². The van der Waals surface area contributed by atoms with Gasteiger partial charge in [-0.1, -0.05) is 0 Å². The van der Waals surface area contributed by atoms with E-state index >= 15 is 0 Å². The number of benzene rings is 1. The van der Waals surface area contributed by atoms with Crippen molar-refractivity contribution < 1.29 is 19.0 Å². The normalized spacial score (nSPS) is 12.2. The highest BCUT2D eigenvalue weighted by Gasteiger charge is 2.17. The summed E-state index contributed by atoms with van der Waals surface area (Å²) < 4.78 is 17.2. The van der Waals surface area contributed by atoms with E-state index in [9.17, 15) is 9.59 Å². The Morgan fingerprint density at radius 3 is 3.00 bits per heavy atom. The van der Waals surface area contributed by atoms with E-state index in [0.717, 1.165) is 0 Å². The van der Waals surface area contributed by atoms with Gasteiger partial charge in [-0.25, -0.2) is 4.98 Å². The van der Waals surface area contributed by atoms with Crippen LogP contribution in [0.4, 0.5) is 5.69 Å². The summed E-state index contributed by atoms with van der Waals surface area (Å²) in [4.78, 5) is 33.4. The molecular weight excluding hydrogens is 352 g/mol. The number of ether oxygens (including phenoxy) is 3. The lowest BCUT2D eigenvalue weighted by atomic mass is 10.2. The number of aromatic nitrogens is 3. The van der Waals surface area contributed by atoms with Gasteiger partial charge in [0.25, 0.3) is 5.88 Å². The monoisotopic (exact) mass is 368 g/mol. The van der Waals surface area contributed by atoms with Gasteiger partial charge in [0.15, 0.2) is 11.5 Å². The van der Waals surface area contributed by atoms with E-state index in [-0.39, 0.29) is 31.7 Å². The Kier molecular flexibility index (Phi) is 4.33. The molecule has 9 heteroatoms. The molecule has 1 aliphatic heterocycles. The fourth-order valence-corrected chi connectivity index (χ4v) is 2.78. The lowest BCUT2D eigenvalue weighted by Gasteiger charge is -2.12. The molecule has 0 spiro atoms. The predicted octanol–water partition coefficient (Wildman–Crippen LogP) is 1.56. The van der Waals surface area contributed by atoms with Crippen LogP contribution in [0.5, 0.6) is 17.4 Å². The van der Waals surface area contributed by atoms with Crippen molar-refractivity contribution in [3.8, 4) is 17.4 Å². The number of fused-ring (bicyclic) bond motifs is 2. The van der Waals surface area contributed by atoms with Crippen LogP contribution in [0.25, 0.3) is 11.0 Å². The van der Waals surface area contributed by atoms with Crippen LogP contribution in [-0.4, -0.2) is 33.8 Å². The van der Waals surface area contributed by atoms with Crippen LogP contribution >= 0.6 is 0 Å². The molecule has 2 aromatic heterocycles. The van der Waals surface area contributed by atoms with Crippen LogP contribution in [0.15, 0.2) is 41.5 Å². The number of rotatable bonds is 5. The molecule has 0 saturated carbocycles. The molecule has 0 fully saturated rings. The number of hydrogen-bond donors (Lipinski definition) is 1. The highest BCUT2D eigenvalue weighted by atomic mass is 16.7. The van der Waals surface area contributed by atoms with E-state index in [1.807, 2.05) is 0 Å². The summed E-state index contributed by atoms with van der Waals surface area (Å²) in [7, 11) is 0. The lowest BCUT2D eigenvalue weighted by Crippen LogP contribution is -2.29. The van der Waals surface area contributed by atoms with Gasteiger partial charge in [0.2, 0.25) is 12.7 Å². The molecule has 1 aliphatic rings. The molecule has 3 aromatic rings. The van der Waals surface area contributed by atoms with Crippen LogP contribution in [0.1, 0.15) is 6.92 Å². The van der Waals surface area contributed by atoms with Gasteiger partial charge in [-0.15, -0.1) is 0 Å². The molecule has 9 nitrogen and oxygen atoms in total. The number of amides is 1. The molecule has 1 aromatic carbocycles. The quantitative estimate of drug-likeness (QED) is 0.729. The van der Waals surface area contributed by atoms with Gasteiger partial charge in [0.05, 0.1) is 18.3 Å². The van der Waals surface area contributed by atoms with Crippen molar-refractivity contribution in [3.63, 3.8) is 0 Å². The van der Waals surface area contributed by atoms with Crippen molar-refractivity contribution in [2.24, 2.45) is 0 Å². The van der Waals surface area contributed by atoms with E-state index in [4.69, 9.17) is 14.2 Å². The van der Waals surface area contributed by atoms with Crippen molar-refractivity contribution in [2.45, 2.75) is 13.5 Å². The maximum atomic E-state index is 12.7. The molecule has 0 bridgehead atoms. The Bertz CT molecular complexity index is 1080. The third-order valence-electron chi connectivity index (χ3n) is 3.96. The third-order valence-corrected chi connectivity index (χ3v) is 3.96. The Balaban J connectivity index is 1.63. The van der Waals surface area contributed by atoms with Crippen molar-refractivity contribution in [2.75, 3.05) is 18.7 Å². The molecule has 1 N–H and O–H groups in total.